The maximum Gasteiger partial charge on any atom is 0.314 e. The van der Waals surface area contributed by atoms with Gasteiger partial charge in [0.15, 0.2) is 0 Å². The SMILES string of the molecule is Cc1ccnc(NCc2cccc(CO)c2)c1[N+](=O)[O-]. The molecule has 1 aromatic carbocycles. The number of anilines is 1. The molecule has 104 valence electrons. The van der Waals surface area contributed by atoms with Gasteiger partial charge in [-0.05, 0) is 24.1 Å². The zero-order valence-electron chi connectivity index (χ0n) is 11.0. The summed E-state index contributed by atoms with van der Waals surface area (Å²) in [6.07, 6.45) is 1.54. The molecule has 0 radical (unpaired) electrons. The molecule has 0 saturated heterocycles. The lowest BCUT2D eigenvalue weighted by molar-refractivity contribution is -0.384. The number of aliphatic hydroxyl groups is 1. The van der Waals surface area contributed by atoms with Crippen molar-refractivity contribution in [1.82, 2.24) is 4.98 Å². The quantitative estimate of drug-likeness (QED) is 0.645. The van der Waals surface area contributed by atoms with Crippen molar-refractivity contribution in [3.8, 4) is 0 Å². The van der Waals surface area contributed by atoms with Crippen molar-refractivity contribution < 1.29 is 10.0 Å². The van der Waals surface area contributed by atoms with E-state index in [0.717, 1.165) is 11.1 Å². The van der Waals surface area contributed by atoms with Crippen LogP contribution in [0.5, 0.6) is 0 Å². The van der Waals surface area contributed by atoms with Gasteiger partial charge in [0.1, 0.15) is 0 Å². The summed E-state index contributed by atoms with van der Waals surface area (Å²) >= 11 is 0. The molecule has 0 spiro atoms. The molecule has 2 rings (SSSR count). The summed E-state index contributed by atoms with van der Waals surface area (Å²) in [6.45, 7) is 2.05. The van der Waals surface area contributed by atoms with Crippen LogP contribution in [0.3, 0.4) is 0 Å². The second-order valence-electron chi connectivity index (χ2n) is 4.41. The Morgan fingerprint density at radius 2 is 2.10 bits per heavy atom. The van der Waals surface area contributed by atoms with E-state index in [2.05, 4.69) is 10.3 Å². The van der Waals surface area contributed by atoms with E-state index in [9.17, 15) is 10.1 Å². The summed E-state index contributed by atoms with van der Waals surface area (Å²) in [5.74, 6) is 0.254. The minimum Gasteiger partial charge on any atom is -0.392 e. The first-order valence-corrected chi connectivity index (χ1v) is 6.14. The van der Waals surface area contributed by atoms with E-state index in [1.165, 1.54) is 6.20 Å². The van der Waals surface area contributed by atoms with E-state index in [4.69, 9.17) is 5.11 Å². The fourth-order valence-electron chi connectivity index (χ4n) is 1.93. The van der Waals surface area contributed by atoms with Crippen molar-refractivity contribution in [2.75, 3.05) is 5.32 Å². The number of nitrogens with one attached hydrogen (secondary N) is 1. The van der Waals surface area contributed by atoms with Crippen LogP contribution in [0, 0.1) is 17.0 Å². The van der Waals surface area contributed by atoms with Crippen LogP contribution in [-0.4, -0.2) is 15.0 Å². The molecule has 0 saturated carbocycles. The van der Waals surface area contributed by atoms with Crippen molar-refractivity contribution in [3.05, 3.63) is 63.3 Å². The molecule has 0 unspecified atom stereocenters. The highest BCUT2D eigenvalue weighted by Gasteiger charge is 2.17. The topological polar surface area (TPSA) is 88.3 Å². The largest absolute Gasteiger partial charge is 0.392 e. The van der Waals surface area contributed by atoms with Gasteiger partial charge in [0, 0.05) is 18.3 Å². The van der Waals surface area contributed by atoms with Crippen LogP contribution in [0.15, 0.2) is 36.5 Å². The Hall–Kier alpha value is -2.47. The standard InChI is InChI=1S/C14H15N3O3/c1-10-5-6-15-14(13(10)17(19)20)16-8-11-3-2-4-12(7-11)9-18/h2-7,18H,8-9H2,1H3,(H,15,16). The average Bonchev–Trinajstić information content (AvgIpc) is 2.45. The third kappa shape index (κ3) is 3.10. The molecule has 1 aromatic heterocycles. The summed E-state index contributed by atoms with van der Waals surface area (Å²) in [5.41, 5.74) is 2.28. The van der Waals surface area contributed by atoms with Crippen LogP contribution in [0.4, 0.5) is 11.5 Å². The van der Waals surface area contributed by atoms with Gasteiger partial charge >= 0.3 is 5.69 Å². The Kier molecular flexibility index (Phi) is 4.27. The number of aromatic nitrogens is 1. The Balaban J connectivity index is 2.18. The lowest BCUT2D eigenvalue weighted by Crippen LogP contribution is -2.06. The number of hydrogen-bond acceptors (Lipinski definition) is 5. The second kappa shape index (κ2) is 6.12. The molecule has 20 heavy (non-hydrogen) atoms. The van der Waals surface area contributed by atoms with Crippen molar-refractivity contribution in [2.45, 2.75) is 20.1 Å². The molecule has 0 fully saturated rings. The van der Waals surface area contributed by atoms with Gasteiger partial charge < -0.3 is 10.4 Å². The highest BCUT2D eigenvalue weighted by molar-refractivity contribution is 5.59. The van der Waals surface area contributed by atoms with Crippen LogP contribution < -0.4 is 5.32 Å². The lowest BCUT2D eigenvalue weighted by Gasteiger charge is -2.08. The Labute approximate surface area is 116 Å². The predicted molar refractivity (Wildman–Crippen MR) is 75.3 cm³/mol. The van der Waals surface area contributed by atoms with Crippen LogP contribution in [0.25, 0.3) is 0 Å². The number of pyridine rings is 1. The summed E-state index contributed by atoms with van der Waals surface area (Å²) in [6, 6.07) is 8.98. The van der Waals surface area contributed by atoms with Gasteiger partial charge in [-0.25, -0.2) is 4.98 Å². The van der Waals surface area contributed by atoms with E-state index in [0.29, 0.717) is 12.1 Å². The summed E-state index contributed by atoms with van der Waals surface area (Å²) < 4.78 is 0. The zero-order chi connectivity index (χ0) is 14.5. The molecule has 0 atom stereocenters. The number of nitrogens with zero attached hydrogens (tertiary/aromatic N) is 2. The third-order valence-electron chi connectivity index (χ3n) is 2.94. The predicted octanol–water partition coefficient (Wildman–Crippen LogP) is 2.40. The monoisotopic (exact) mass is 273 g/mol. The van der Waals surface area contributed by atoms with E-state index in [-0.39, 0.29) is 18.1 Å². The van der Waals surface area contributed by atoms with Gasteiger partial charge in [-0.3, -0.25) is 10.1 Å². The fourth-order valence-corrected chi connectivity index (χ4v) is 1.93. The molecule has 0 amide bonds. The van der Waals surface area contributed by atoms with E-state index in [1.807, 2.05) is 24.3 Å². The number of rotatable bonds is 5. The van der Waals surface area contributed by atoms with Gasteiger partial charge in [-0.1, -0.05) is 24.3 Å². The molecule has 0 aliphatic rings. The van der Waals surface area contributed by atoms with Crippen LogP contribution in [0.1, 0.15) is 16.7 Å². The van der Waals surface area contributed by atoms with Gasteiger partial charge in [-0.2, -0.15) is 0 Å². The summed E-state index contributed by atoms with van der Waals surface area (Å²) in [5, 5.41) is 23.1. The normalized spacial score (nSPS) is 10.3. The number of nitro groups is 1. The second-order valence-corrected chi connectivity index (χ2v) is 4.41. The van der Waals surface area contributed by atoms with Gasteiger partial charge in [0.2, 0.25) is 5.82 Å². The van der Waals surface area contributed by atoms with Crippen LogP contribution >= 0.6 is 0 Å². The molecular weight excluding hydrogens is 258 g/mol. The van der Waals surface area contributed by atoms with Gasteiger partial charge in [0.05, 0.1) is 11.5 Å². The Morgan fingerprint density at radius 1 is 1.35 bits per heavy atom. The first kappa shape index (κ1) is 14.0. The molecule has 6 heteroatoms. The first-order valence-electron chi connectivity index (χ1n) is 6.14. The smallest absolute Gasteiger partial charge is 0.314 e. The highest BCUT2D eigenvalue weighted by Crippen LogP contribution is 2.25. The fraction of sp³-hybridized carbons (Fsp3) is 0.214. The van der Waals surface area contributed by atoms with Crippen LogP contribution in [-0.2, 0) is 13.2 Å². The third-order valence-corrected chi connectivity index (χ3v) is 2.94. The minimum absolute atomic E-state index is 0.00851. The van der Waals surface area contributed by atoms with Crippen molar-refractivity contribution >= 4 is 11.5 Å². The number of benzene rings is 1. The number of hydrogen-bond donors (Lipinski definition) is 2. The Bertz CT molecular complexity index is 629. The minimum atomic E-state index is -0.436. The maximum atomic E-state index is 11.0. The molecule has 0 aliphatic carbocycles. The lowest BCUT2D eigenvalue weighted by atomic mass is 10.1. The van der Waals surface area contributed by atoms with E-state index in [1.54, 1.807) is 13.0 Å². The summed E-state index contributed by atoms with van der Waals surface area (Å²) in [4.78, 5) is 14.6. The summed E-state index contributed by atoms with van der Waals surface area (Å²) in [7, 11) is 0. The molecule has 6 nitrogen and oxygen atoms in total. The maximum absolute atomic E-state index is 11.0. The number of aliphatic hydroxyl groups excluding tert-OH is 1. The Morgan fingerprint density at radius 3 is 2.80 bits per heavy atom. The van der Waals surface area contributed by atoms with Gasteiger partial charge in [-0.15, -0.1) is 0 Å². The first-order chi connectivity index (χ1) is 9.61. The molecule has 0 aliphatic heterocycles. The van der Waals surface area contributed by atoms with E-state index < -0.39 is 4.92 Å². The van der Waals surface area contributed by atoms with Gasteiger partial charge in [0.25, 0.3) is 0 Å². The number of aryl methyl sites for hydroxylation is 1. The van der Waals surface area contributed by atoms with Crippen molar-refractivity contribution in [1.29, 1.82) is 0 Å². The zero-order valence-corrected chi connectivity index (χ0v) is 11.0. The molecule has 2 aromatic rings. The van der Waals surface area contributed by atoms with Crippen LogP contribution in [0.2, 0.25) is 0 Å². The molecule has 0 bridgehead atoms. The molecular formula is C14H15N3O3. The highest BCUT2D eigenvalue weighted by atomic mass is 16.6. The van der Waals surface area contributed by atoms with E-state index >= 15 is 0 Å². The molecule has 2 N–H and O–H groups in total. The van der Waals surface area contributed by atoms with Crippen molar-refractivity contribution in [3.63, 3.8) is 0 Å². The molecule has 1 heterocycles. The average molecular weight is 273 g/mol. The van der Waals surface area contributed by atoms with Crippen molar-refractivity contribution in [2.24, 2.45) is 0 Å².